The molecule has 0 aromatic carbocycles. The molecule has 0 aliphatic carbocycles. The predicted molar refractivity (Wildman–Crippen MR) is 61.6 cm³/mol. The quantitative estimate of drug-likeness (QED) is 0.795. The molecule has 1 unspecified atom stereocenters. The number of rotatable bonds is 6. The lowest BCUT2D eigenvalue weighted by Crippen LogP contribution is -2.47. The van der Waals surface area contributed by atoms with Gasteiger partial charge in [-0.2, -0.15) is 5.10 Å². The fourth-order valence-electron chi connectivity index (χ4n) is 1.39. The molecule has 1 aromatic rings. The van der Waals surface area contributed by atoms with Crippen LogP contribution >= 0.6 is 11.6 Å². The summed E-state index contributed by atoms with van der Waals surface area (Å²) >= 11 is 5.72. The van der Waals surface area contributed by atoms with Crippen molar-refractivity contribution in [1.82, 2.24) is 15.1 Å². The molecule has 5 nitrogen and oxygen atoms in total. The Morgan fingerprint density at radius 1 is 1.75 bits per heavy atom. The van der Waals surface area contributed by atoms with Crippen molar-refractivity contribution >= 4 is 17.6 Å². The minimum atomic E-state index is -0.878. The Morgan fingerprint density at radius 2 is 2.44 bits per heavy atom. The van der Waals surface area contributed by atoms with Gasteiger partial charge in [-0.25, -0.2) is 0 Å². The van der Waals surface area contributed by atoms with E-state index in [0.717, 1.165) is 6.42 Å². The number of hydrogen-bond donors (Lipinski definition) is 2. The van der Waals surface area contributed by atoms with Crippen molar-refractivity contribution in [2.45, 2.75) is 31.8 Å². The highest BCUT2D eigenvalue weighted by Gasteiger charge is 2.30. The lowest BCUT2D eigenvalue weighted by molar-refractivity contribution is -0.144. The summed E-state index contributed by atoms with van der Waals surface area (Å²) in [6.07, 6.45) is 4.55. The molecule has 0 radical (unpaired) electrons. The first-order valence-electron chi connectivity index (χ1n) is 5.08. The zero-order valence-electron chi connectivity index (χ0n) is 9.40. The third-order valence-corrected chi connectivity index (χ3v) is 2.88. The standard InChI is InChI=1S/C10H16ClN3O2/c1-10(12-2,9(15)16)4-3-5-14-7-8(11)6-13-14/h6-7,12H,3-5H2,1-2H3,(H,15,16). The number of likely N-dealkylation sites (N-methyl/N-ethyl adjacent to an activating group) is 1. The number of carbonyl (C=O) groups is 1. The van der Waals surface area contributed by atoms with Crippen LogP contribution in [0.1, 0.15) is 19.8 Å². The molecule has 0 bridgehead atoms. The molecule has 6 heteroatoms. The summed E-state index contributed by atoms with van der Waals surface area (Å²) in [5.74, 6) is -0.839. The van der Waals surface area contributed by atoms with Crippen LogP contribution in [0.4, 0.5) is 0 Å². The Balaban J connectivity index is 2.43. The third kappa shape index (κ3) is 3.21. The summed E-state index contributed by atoms with van der Waals surface area (Å²) in [7, 11) is 1.65. The molecule has 0 amide bonds. The smallest absolute Gasteiger partial charge is 0.323 e. The molecule has 0 saturated heterocycles. The summed E-state index contributed by atoms with van der Waals surface area (Å²) in [6.45, 7) is 2.34. The number of aromatic nitrogens is 2. The van der Waals surface area contributed by atoms with Crippen LogP contribution < -0.4 is 5.32 Å². The van der Waals surface area contributed by atoms with Crippen LogP contribution in [0.3, 0.4) is 0 Å². The molecular formula is C10H16ClN3O2. The molecule has 1 aromatic heterocycles. The Morgan fingerprint density at radius 3 is 2.88 bits per heavy atom. The highest BCUT2D eigenvalue weighted by Crippen LogP contribution is 2.13. The highest BCUT2D eigenvalue weighted by atomic mass is 35.5. The van der Waals surface area contributed by atoms with Crippen molar-refractivity contribution in [2.75, 3.05) is 7.05 Å². The molecule has 0 fully saturated rings. The van der Waals surface area contributed by atoms with Gasteiger partial charge in [0.2, 0.25) is 0 Å². The maximum Gasteiger partial charge on any atom is 0.323 e. The van der Waals surface area contributed by atoms with E-state index < -0.39 is 11.5 Å². The molecule has 0 aliphatic heterocycles. The van der Waals surface area contributed by atoms with Crippen LogP contribution in [0.2, 0.25) is 5.02 Å². The van der Waals surface area contributed by atoms with E-state index in [-0.39, 0.29) is 0 Å². The molecular weight excluding hydrogens is 230 g/mol. The van der Waals surface area contributed by atoms with Crippen molar-refractivity contribution < 1.29 is 9.90 Å². The molecule has 1 heterocycles. The van der Waals surface area contributed by atoms with Gasteiger partial charge in [-0.05, 0) is 26.8 Å². The van der Waals surface area contributed by atoms with Crippen molar-refractivity contribution in [3.63, 3.8) is 0 Å². The first kappa shape index (κ1) is 13.0. The molecule has 1 atom stereocenters. The second-order valence-electron chi connectivity index (χ2n) is 3.91. The Kier molecular flexibility index (Phi) is 4.32. The normalized spacial score (nSPS) is 14.7. The van der Waals surface area contributed by atoms with Crippen LogP contribution in [0, 0.1) is 0 Å². The van der Waals surface area contributed by atoms with Crippen LogP contribution in [-0.2, 0) is 11.3 Å². The Hall–Kier alpha value is -1.07. The van der Waals surface area contributed by atoms with Crippen molar-refractivity contribution in [2.24, 2.45) is 0 Å². The van der Waals surface area contributed by atoms with E-state index in [1.807, 2.05) is 0 Å². The van der Waals surface area contributed by atoms with E-state index in [1.54, 1.807) is 31.0 Å². The van der Waals surface area contributed by atoms with Crippen molar-refractivity contribution in [1.29, 1.82) is 0 Å². The lowest BCUT2D eigenvalue weighted by Gasteiger charge is -2.23. The van der Waals surface area contributed by atoms with E-state index in [9.17, 15) is 4.79 Å². The van der Waals surface area contributed by atoms with E-state index in [0.29, 0.717) is 18.0 Å². The summed E-state index contributed by atoms with van der Waals surface area (Å²) in [4.78, 5) is 11.0. The SMILES string of the molecule is CNC(C)(CCCn1cc(Cl)cn1)C(=O)O. The first-order valence-corrected chi connectivity index (χ1v) is 5.46. The Bertz CT molecular complexity index is 367. The molecule has 0 saturated carbocycles. The van der Waals surface area contributed by atoms with Crippen molar-refractivity contribution in [3.8, 4) is 0 Å². The van der Waals surface area contributed by atoms with Gasteiger partial charge in [0.1, 0.15) is 5.54 Å². The number of nitrogens with zero attached hydrogens (tertiary/aromatic N) is 2. The largest absolute Gasteiger partial charge is 0.480 e. The predicted octanol–water partition coefficient (Wildman–Crippen LogP) is 1.38. The fraction of sp³-hybridized carbons (Fsp3) is 0.600. The summed E-state index contributed by atoms with van der Waals surface area (Å²) in [5.41, 5.74) is -0.878. The number of aliphatic carboxylic acids is 1. The van der Waals surface area contributed by atoms with Crippen molar-refractivity contribution in [3.05, 3.63) is 17.4 Å². The van der Waals surface area contributed by atoms with Crippen LogP contribution in [-0.4, -0.2) is 33.4 Å². The number of carboxylic acids is 1. The number of nitrogens with one attached hydrogen (secondary N) is 1. The minimum Gasteiger partial charge on any atom is -0.480 e. The highest BCUT2D eigenvalue weighted by molar-refractivity contribution is 6.30. The fourth-order valence-corrected chi connectivity index (χ4v) is 1.55. The summed E-state index contributed by atoms with van der Waals surface area (Å²) in [5, 5.41) is 16.5. The molecule has 0 aliphatic rings. The second kappa shape index (κ2) is 5.32. The number of hydrogen-bond acceptors (Lipinski definition) is 3. The van der Waals surface area contributed by atoms with Crippen LogP contribution in [0.25, 0.3) is 0 Å². The average Bonchev–Trinajstić information content (AvgIpc) is 2.63. The van der Waals surface area contributed by atoms with Gasteiger partial charge in [-0.15, -0.1) is 0 Å². The lowest BCUT2D eigenvalue weighted by atomic mass is 9.96. The number of aryl methyl sites for hydroxylation is 1. The maximum atomic E-state index is 11.0. The first-order chi connectivity index (χ1) is 7.48. The van der Waals surface area contributed by atoms with Gasteiger partial charge in [0.05, 0.1) is 11.2 Å². The van der Waals surface area contributed by atoms with Gasteiger partial charge in [0.25, 0.3) is 0 Å². The molecule has 90 valence electrons. The van der Waals surface area contributed by atoms with Gasteiger partial charge < -0.3 is 10.4 Å². The molecule has 1 rings (SSSR count). The zero-order valence-corrected chi connectivity index (χ0v) is 10.2. The summed E-state index contributed by atoms with van der Waals surface area (Å²) in [6, 6.07) is 0. The van der Waals surface area contributed by atoms with Gasteiger partial charge in [0, 0.05) is 12.7 Å². The zero-order chi connectivity index (χ0) is 12.2. The van der Waals surface area contributed by atoms with Gasteiger partial charge >= 0.3 is 5.97 Å². The van der Waals surface area contributed by atoms with E-state index >= 15 is 0 Å². The maximum absolute atomic E-state index is 11.0. The average molecular weight is 246 g/mol. The molecule has 0 spiro atoms. The van der Waals surface area contributed by atoms with Crippen LogP contribution in [0.5, 0.6) is 0 Å². The monoisotopic (exact) mass is 245 g/mol. The number of carboxylic acid groups (broad SMARTS) is 1. The van der Waals surface area contributed by atoms with Gasteiger partial charge in [-0.3, -0.25) is 9.48 Å². The van der Waals surface area contributed by atoms with E-state index in [4.69, 9.17) is 16.7 Å². The van der Waals surface area contributed by atoms with E-state index in [2.05, 4.69) is 10.4 Å². The summed E-state index contributed by atoms with van der Waals surface area (Å²) < 4.78 is 1.71. The minimum absolute atomic E-state index is 0.538. The van der Waals surface area contributed by atoms with Crippen LogP contribution in [0.15, 0.2) is 12.4 Å². The van der Waals surface area contributed by atoms with Gasteiger partial charge in [-0.1, -0.05) is 11.6 Å². The topological polar surface area (TPSA) is 67.2 Å². The second-order valence-corrected chi connectivity index (χ2v) is 4.35. The number of halogens is 1. The Labute approximate surface area is 99.4 Å². The van der Waals surface area contributed by atoms with E-state index in [1.165, 1.54) is 0 Å². The molecule has 16 heavy (non-hydrogen) atoms. The molecule has 2 N–H and O–H groups in total. The van der Waals surface area contributed by atoms with Gasteiger partial charge in [0.15, 0.2) is 0 Å². The third-order valence-electron chi connectivity index (χ3n) is 2.69.